The summed E-state index contributed by atoms with van der Waals surface area (Å²) >= 11 is 21.9. The van der Waals surface area contributed by atoms with Gasteiger partial charge in [-0.05, 0) is 46.5 Å². The fourth-order valence-corrected chi connectivity index (χ4v) is 3.04. The molecule has 0 fully saturated rings. The van der Waals surface area contributed by atoms with Crippen LogP contribution in [0.3, 0.4) is 0 Å². The second-order valence-corrected chi connectivity index (χ2v) is 7.88. The van der Waals surface area contributed by atoms with E-state index in [2.05, 4.69) is 20.4 Å². The van der Waals surface area contributed by atoms with Crippen molar-refractivity contribution in [1.82, 2.24) is 0 Å². The maximum Gasteiger partial charge on any atom is 2.00 e. The van der Waals surface area contributed by atoms with Crippen molar-refractivity contribution < 1.29 is 25.9 Å². The summed E-state index contributed by atoms with van der Waals surface area (Å²) in [6.07, 6.45) is 6.18. The molecule has 0 aliphatic heterocycles. The van der Waals surface area contributed by atoms with Crippen molar-refractivity contribution in [2.24, 2.45) is 20.4 Å². The van der Waals surface area contributed by atoms with E-state index in [1.54, 1.807) is 48.8 Å². The summed E-state index contributed by atoms with van der Waals surface area (Å²) in [5, 5.41) is 17.3. The molecule has 0 N–H and O–H groups in total. The van der Waals surface area contributed by atoms with Gasteiger partial charge in [-0.3, -0.25) is 0 Å². The van der Waals surface area contributed by atoms with E-state index in [4.69, 9.17) is 57.3 Å². The predicted octanol–water partition coefficient (Wildman–Crippen LogP) is 6.52. The summed E-state index contributed by atoms with van der Waals surface area (Å²) in [6.45, 7) is 0. The van der Waals surface area contributed by atoms with Gasteiger partial charge in [-0.15, -0.1) is 0 Å². The molecule has 4 rings (SSSR count). The second kappa shape index (κ2) is 15.3. The van der Waals surface area contributed by atoms with Crippen LogP contribution in [-0.2, 0) is 42.3 Å². The summed E-state index contributed by atoms with van der Waals surface area (Å²) < 4.78 is 10.2. The van der Waals surface area contributed by atoms with Gasteiger partial charge in [0.1, 0.15) is 11.5 Å². The Morgan fingerprint density at radius 3 is 1.37 bits per heavy atom. The summed E-state index contributed by atoms with van der Waals surface area (Å²) in [5.41, 5.74) is 1.58. The van der Waals surface area contributed by atoms with Crippen LogP contribution in [0.25, 0.3) is 0 Å². The summed E-state index contributed by atoms with van der Waals surface area (Å²) in [4.78, 5) is 0. The van der Waals surface area contributed by atoms with E-state index in [-0.39, 0.29) is 17.1 Å². The van der Waals surface area contributed by atoms with Gasteiger partial charge in [0.25, 0.3) is 0 Å². The number of furan rings is 2. The Morgan fingerprint density at radius 2 is 1.03 bits per heavy atom. The molecular weight excluding hydrogens is 575 g/mol. The van der Waals surface area contributed by atoms with Crippen LogP contribution in [0.15, 0.2) is 115 Å². The van der Waals surface area contributed by atoms with Crippen molar-refractivity contribution in [3.63, 3.8) is 0 Å². The largest absolute Gasteiger partial charge is 2.00 e. The Balaban J connectivity index is 0.000000240. The first-order valence-electron chi connectivity index (χ1n) is 9.67. The Hall–Kier alpha value is -2.78. The molecule has 0 saturated heterocycles. The summed E-state index contributed by atoms with van der Waals surface area (Å²) in [5.74, 6) is 1.05. The smallest absolute Gasteiger partial charge is 0.755 e. The van der Waals surface area contributed by atoms with Gasteiger partial charge in [-0.1, -0.05) is 59.6 Å². The first-order chi connectivity index (χ1) is 16.5. The first kappa shape index (κ1) is 28.5. The van der Waals surface area contributed by atoms with E-state index in [9.17, 15) is 0 Å². The van der Waals surface area contributed by atoms with E-state index in [1.165, 1.54) is 12.5 Å². The number of nitrogens with zero attached hydrogens (tertiary/aromatic N) is 4. The molecule has 181 valence electrons. The minimum atomic E-state index is 0. The standard InChI is InChI=1S/2C12H9ClN2OS.Cu/c2*13-10-5-2-1-4-9(10)8-14-15-12(17)11-6-3-7-16-11;/h2*1-8H,(H,15,17);/q;;+2/p-2/b2*14-8+;. The second-order valence-electron chi connectivity index (χ2n) is 6.30. The van der Waals surface area contributed by atoms with Gasteiger partial charge in [0.15, 0.2) is 0 Å². The van der Waals surface area contributed by atoms with Crippen LogP contribution in [0.4, 0.5) is 0 Å². The fraction of sp³-hybridized carbons (Fsp3) is 0. The molecule has 0 aliphatic rings. The van der Waals surface area contributed by atoms with Crippen LogP contribution in [0.2, 0.25) is 10.0 Å². The van der Waals surface area contributed by atoms with E-state index < -0.39 is 0 Å². The Morgan fingerprint density at radius 1 is 0.629 bits per heavy atom. The van der Waals surface area contributed by atoms with Gasteiger partial charge >= 0.3 is 17.1 Å². The van der Waals surface area contributed by atoms with Crippen LogP contribution < -0.4 is 0 Å². The number of halogens is 2. The number of rotatable bonds is 6. The van der Waals surface area contributed by atoms with Crippen molar-refractivity contribution in [2.75, 3.05) is 0 Å². The summed E-state index contributed by atoms with van der Waals surface area (Å²) in [6, 6.07) is 21.7. The van der Waals surface area contributed by atoms with Crippen LogP contribution in [-0.4, -0.2) is 22.5 Å². The minimum Gasteiger partial charge on any atom is -0.755 e. The van der Waals surface area contributed by atoms with E-state index in [0.717, 1.165) is 11.1 Å². The van der Waals surface area contributed by atoms with E-state index >= 15 is 0 Å². The van der Waals surface area contributed by atoms with Crippen molar-refractivity contribution in [2.45, 2.75) is 0 Å². The van der Waals surface area contributed by atoms with Gasteiger partial charge in [0.2, 0.25) is 0 Å². The van der Waals surface area contributed by atoms with Gasteiger partial charge in [0, 0.05) is 21.2 Å². The number of hydrogen-bond acceptors (Lipinski definition) is 8. The Labute approximate surface area is 234 Å². The maximum atomic E-state index is 5.95. The molecule has 0 spiro atoms. The van der Waals surface area contributed by atoms with Gasteiger partial charge in [-0.25, -0.2) is 0 Å². The SMILES string of the molecule is [Cu+2].[S-]/C(=N\N=C\c1ccccc1Cl)c1ccco1.[S-]/C(=N\N=C\c1ccccc1Cl)c1ccco1. The summed E-state index contributed by atoms with van der Waals surface area (Å²) in [7, 11) is 0. The van der Waals surface area contributed by atoms with E-state index in [1.807, 2.05) is 36.4 Å². The molecule has 0 bridgehead atoms. The minimum absolute atomic E-state index is 0. The van der Waals surface area contributed by atoms with Crippen molar-refractivity contribution in [3.8, 4) is 0 Å². The topological polar surface area (TPSA) is 75.7 Å². The van der Waals surface area contributed by atoms with Crippen LogP contribution in [0.1, 0.15) is 22.6 Å². The first-order valence-corrected chi connectivity index (χ1v) is 11.2. The van der Waals surface area contributed by atoms with E-state index in [0.29, 0.717) is 31.7 Å². The Kier molecular flexibility index (Phi) is 12.4. The monoisotopic (exact) mass is 589 g/mol. The Bertz CT molecular complexity index is 1210. The molecule has 1 radical (unpaired) electrons. The molecule has 0 saturated carbocycles. The quantitative estimate of drug-likeness (QED) is 0.0842. The molecule has 0 atom stereocenters. The third kappa shape index (κ3) is 9.41. The van der Waals surface area contributed by atoms with Crippen molar-refractivity contribution in [1.29, 1.82) is 0 Å². The van der Waals surface area contributed by atoms with Gasteiger partial charge in [-0.2, -0.15) is 20.4 Å². The number of hydrogen-bond donors (Lipinski definition) is 0. The molecule has 0 amide bonds. The van der Waals surface area contributed by atoms with Crippen molar-refractivity contribution >= 4 is 71.0 Å². The number of benzene rings is 2. The zero-order valence-corrected chi connectivity index (χ0v) is 21.8. The molecule has 2 heterocycles. The fourth-order valence-electron chi connectivity index (χ4n) is 2.35. The molecule has 11 heteroatoms. The maximum absolute atomic E-state index is 5.95. The molecule has 6 nitrogen and oxygen atoms in total. The van der Waals surface area contributed by atoms with Crippen LogP contribution in [0.5, 0.6) is 0 Å². The predicted molar refractivity (Wildman–Crippen MR) is 143 cm³/mol. The molecule has 4 aromatic rings. The average Bonchev–Trinajstić information content (AvgIpc) is 3.57. The third-order valence-corrected chi connectivity index (χ3v) is 5.22. The van der Waals surface area contributed by atoms with Crippen LogP contribution >= 0.6 is 23.2 Å². The molecular formula is C24H16Cl2CuN4O2S2. The van der Waals surface area contributed by atoms with Gasteiger partial charge in [0.05, 0.1) is 25.0 Å². The third-order valence-electron chi connectivity index (χ3n) is 3.97. The molecule has 0 aliphatic carbocycles. The van der Waals surface area contributed by atoms with Crippen LogP contribution in [0, 0.1) is 0 Å². The molecule has 35 heavy (non-hydrogen) atoms. The van der Waals surface area contributed by atoms with Crippen molar-refractivity contribution in [3.05, 3.63) is 118 Å². The zero-order valence-electron chi connectivity index (χ0n) is 17.7. The van der Waals surface area contributed by atoms with Gasteiger partial charge < -0.3 is 34.1 Å². The molecule has 0 unspecified atom stereocenters. The zero-order chi connectivity index (χ0) is 24.2. The molecule has 2 aromatic carbocycles. The molecule has 2 aromatic heterocycles. The normalized spacial score (nSPS) is 11.8. The average molecular weight is 591 g/mol.